The van der Waals surface area contributed by atoms with Gasteiger partial charge in [-0.2, -0.15) is 0 Å². The fourth-order valence-electron chi connectivity index (χ4n) is 2.61. The highest BCUT2D eigenvalue weighted by atomic mass is 16.6. The van der Waals surface area contributed by atoms with E-state index < -0.39 is 17.8 Å². The van der Waals surface area contributed by atoms with E-state index in [1.165, 1.54) is 6.92 Å². The Bertz CT molecular complexity index is 648. The van der Waals surface area contributed by atoms with Gasteiger partial charge in [0.1, 0.15) is 11.7 Å². The van der Waals surface area contributed by atoms with Gasteiger partial charge < -0.3 is 19.1 Å². The van der Waals surface area contributed by atoms with Gasteiger partial charge in [0.15, 0.2) is 0 Å². The highest BCUT2D eigenvalue weighted by molar-refractivity contribution is 5.69. The standard InChI is InChI=1S/C20H27NO5/c1-15(22)25-18-10-17(14-24-13-16-8-6-5-7-9-16)11-21(12-18)19(23)26-20(2,3)4/h5-10,18H,11-14H2,1-4H3/t18-/m1/s1. The van der Waals surface area contributed by atoms with Gasteiger partial charge in [-0.3, -0.25) is 4.79 Å². The van der Waals surface area contributed by atoms with Gasteiger partial charge >= 0.3 is 12.1 Å². The summed E-state index contributed by atoms with van der Waals surface area (Å²) in [5.41, 5.74) is 1.37. The molecular weight excluding hydrogens is 334 g/mol. The van der Waals surface area contributed by atoms with Crippen LogP contribution in [0.2, 0.25) is 0 Å². The van der Waals surface area contributed by atoms with E-state index in [9.17, 15) is 9.59 Å². The number of benzene rings is 1. The van der Waals surface area contributed by atoms with Gasteiger partial charge in [0, 0.05) is 13.5 Å². The van der Waals surface area contributed by atoms with Gasteiger partial charge in [-0.1, -0.05) is 30.3 Å². The first kappa shape index (κ1) is 20.0. The molecule has 0 saturated heterocycles. The summed E-state index contributed by atoms with van der Waals surface area (Å²) in [5.74, 6) is -0.387. The van der Waals surface area contributed by atoms with E-state index in [0.29, 0.717) is 19.8 Å². The second-order valence-electron chi connectivity index (χ2n) is 7.31. The number of carbonyl (C=O) groups excluding carboxylic acids is 2. The van der Waals surface area contributed by atoms with E-state index in [1.807, 2.05) is 57.2 Å². The molecule has 0 saturated carbocycles. The van der Waals surface area contributed by atoms with E-state index >= 15 is 0 Å². The van der Waals surface area contributed by atoms with Crippen LogP contribution in [0.15, 0.2) is 42.0 Å². The van der Waals surface area contributed by atoms with E-state index in [-0.39, 0.29) is 12.5 Å². The van der Waals surface area contributed by atoms with Crippen LogP contribution in [0.25, 0.3) is 0 Å². The zero-order chi connectivity index (χ0) is 19.2. The van der Waals surface area contributed by atoms with E-state index in [1.54, 1.807) is 4.90 Å². The molecule has 0 unspecified atom stereocenters. The lowest BCUT2D eigenvalue weighted by molar-refractivity contribution is -0.145. The van der Waals surface area contributed by atoms with Gasteiger partial charge in [-0.05, 0) is 38.0 Å². The quantitative estimate of drug-likeness (QED) is 0.595. The molecule has 1 heterocycles. The molecule has 1 aliphatic rings. The normalized spacial score (nSPS) is 17.5. The average molecular weight is 361 g/mol. The summed E-state index contributed by atoms with van der Waals surface area (Å²) in [6.45, 7) is 8.30. The fraction of sp³-hybridized carbons (Fsp3) is 0.500. The second-order valence-corrected chi connectivity index (χ2v) is 7.31. The molecule has 0 fully saturated rings. The molecule has 2 rings (SSSR count). The Morgan fingerprint density at radius 3 is 2.46 bits per heavy atom. The predicted octanol–water partition coefficient (Wildman–Crippen LogP) is 3.31. The number of ether oxygens (including phenoxy) is 3. The number of amides is 1. The third-order valence-electron chi connectivity index (χ3n) is 3.58. The Morgan fingerprint density at radius 1 is 1.15 bits per heavy atom. The van der Waals surface area contributed by atoms with Gasteiger partial charge in [0.25, 0.3) is 0 Å². The van der Waals surface area contributed by atoms with Crippen molar-refractivity contribution in [3.63, 3.8) is 0 Å². The second kappa shape index (κ2) is 8.85. The van der Waals surface area contributed by atoms with Crippen molar-refractivity contribution in [2.24, 2.45) is 0 Å². The summed E-state index contributed by atoms with van der Waals surface area (Å²) in [6.07, 6.45) is 0.931. The minimum Gasteiger partial charge on any atom is -0.456 e. The lowest BCUT2D eigenvalue weighted by Crippen LogP contribution is -2.45. The smallest absolute Gasteiger partial charge is 0.410 e. The zero-order valence-corrected chi connectivity index (χ0v) is 15.9. The van der Waals surface area contributed by atoms with Crippen molar-refractivity contribution in [2.45, 2.75) is 46.0 Å². The van der Waals surface area contributed by atoms with Gasteiger partial charge in [-0.15, -0.1) is 0 Å². The third kappa shape index (κ3) is 6.88. The largest absolute Gasteiger partial charge is 0.456 e. The number of nitrogens with zero attached hydrogens (tertiary/aromatic N) is 1. The van der Waals surface area contributed by atoms with Gasteiger partial charge in [0.05, 0.1) is 19.8 Å². The van der Waals surface area contributed by atoms with Crippen LogP contribution >= 0.6 is 0 Å². The van der Waals surface area contributed by atoms with Crippen LogP contribution in [0.5, 0.6) is 0 Å². The number of hydrogen-bond donors (Lipinski definition) is 0. The molecule has 6 heteroatoms. The molecule has 1 amide bonds. The lowest BCUT2D eigenvalue weighted by atomic mass is 10.1. The van der Waals surface area contributed by atoms with E-state index in [0.717, 1.165) is 11.1 Å². The molecule has 0 spiro atoms. The Labute approximate surface area is 154 Å². The van der Waals surface area contributed by atoms with Crippen LogP contribution in [0.4, 0.5) is 4.79 Å². The molecule has 0 radical (unpaired) electrons. The average Bonchev–Trinajstić information content (AvgIpc) is 2.53. The molecular formula is C20H27NO5. The van der Waals surface area contributed by atoms with Crippen molar-refractivity contribution >= 4 is 12.1 Å². The number of carbonyl (C=O) groups is 2. The van der Waals surface area contributed by atoms with Gasteiger partial charge in [-0.25, -0.2) is 4.79 Å². The van der Waals surface area contributed by atoms with E-state index in [2.05, 4.69) is 0 Å². The maximum absolute atomic E-state index is 12.4. The van der Waals surface area contributed by atoms with Crippen LogP contribution in [0, 0.1) is 0 Å². The van der Waals surface area contributed by atoms with Gasteiger partial charge in [0.2, 0.25) is 0 Å². The SMILES string of the molecule is CC(=O)O[C@@H]1C=C(COCc2ccccc2)CN(C(=O)OC(C)(C)C)C1. The molecule has 0 aromatic heterocycles. The Kier molecular flexibility index (Phi) is 6.80. The maximum atomic E-state index is 12.4. The molecule has 1 aliphatic heterocycles. The van der Waals surface area contributed by atoms with Crippen molar-refractivity contribution in [1.82, 2.24) is 4.90 Å². The summed E-state index contributed by atoms with van der Waals surface area (Å²) in [5, 5.41) is 0. The summed E-state index contributed by atoms with van der Waals surface area (Å²) in [6, 6.07) is 9.85. The van der Waals surface area contributed by atoms with Crippen molar-refractivity contribution in [2.75, 3.05) is 19.7 Å². The first-order valence-electron chi connectivity index (χ1n) is 8.69. The summed E-state index contributed by atoms with van der Waals surface area (Å²) in [7, 11) is 0. The lowest BCUT2D eigenvalue weighted by Gasteiger charge is -2.33. The number of rotatable bonds is 5. The third-order valence-corrected chi connectivity index (χ3v) is 3.58. The summed E-state index contributed by atoms with van der Waals surface area (Å²) < 4.78 is 16.5. The zero-order valence-electron chi connectivity index (χ0n) is 15.9. The number of esters is 1. The molecule has 1 aromatic rings. The minimum absolute atomic E-state index is 0.274. The first-order chi connectivity index (χ1) is 12.2. The molecule has 0 aliphatic carbocycles. The van der Waals surface area contributed by atoms with Crippen molar-refractivity contribution in [3.05, 3.63) is 47.5 Å². The maximum Gasteiger partial charge on any atom is 0.410 e. The first-order valence-corrected chi connectivity index (χ1v) is 8.69. The van der Waals surface area contributed by atoms with Crippen LogP contribution in [-0.4, -0.2) is 48.4 Å². The Balaban J connectivity index is 1.98. The predicted molar refractivity (Wildman–Crippen MR) is 97.5 cm³/mol. The Hall–Kier alpha value is -2.34. The summed E-state index contributed by atoms with van der Waals surface area (Å²) >= 11 is 0. The van der Waals surface area contributed by atoms with Crippen LogP contribution in [-0.2, 0) is 25.6 Å². The van der Waals surface area contributed by atoms with Crippen molar-refractivity contribution in [3.8, 4) is 0 Å². The molecule has 142 valence electrons. The summed E-state index contributed by atoms with van der Waals surface area (Å²) in [4.78, 5) is 25.2. The van der Waals surface area contributed by atoms with Crippen LogP contribution in [0.1, 0.15) is 33.3 Å². The van der Waals surface area contributed by atoms with E-state index in [4.69, 9.17) is 14.2 Å². The number of hydrogen-bond acceptors (Lipinski definition) is 5. The molecule has 0 N–H and O–H groups in total. The minimum atomic E-state index is -0.584. The van der Waals surface area contributed by atoms with Crippen molar-refractivity contribution in [1.29, 1.82) is 0 Å². The van der Waals surface area contributed by atoms with Crippen LogP contribution in [0.3, 0.4) is 0 Å². The Morgan fingerprint density at radius 2 is 1.85 bits per heavy atom. The monoisotopic (exact) mass is 361 g/mol. The molecule has 6 nitrogen and oxygen atoms in total. The molecule has 0 bridgehead atoms. The highest BCUT2D eigenvalue weighted by Gasteiger charge is 2.29. The highest BCUT2D eigenvalue weighted by Crippen LogP contribution is 2.18. The van der Waals surface area contributed by atoms with Crippen LogP contribution < -0.4 is 0 Å². The molecule has 1 aromatic carbocycles. The topological polar surface area (TPSA) is 65.1 Å². The molecule has 1 atom stereocenters. The molecule has 26 heavy (non-hydrogen) atoms. The fourth-order valence-corrected chi connectivity index (χ4v) is 2.61. The van der Waals surface area contributed by atoms with Crippen molar-refractivity contribution < 1.29 is 23.8 Å².